The van der Waals surface area contributed by atoms with Crippen molar-refractivity contribution in [2.45, 2.75) is 6.42 Å². The Kier molecular flexibility index (Phi) is 4.66. The molecular weight excluding hydrogens is 390 g/mol. The molecule has 9 heteroatoms. The highest BCUT2D eigenvalue weighted by Gasteiger charge is 2.29. The Balaban J connectivity index is 1.68. The average molecular weight is 410 g/mol. The zero-order chi connectivity index (χ0) is 20.7. The fourth-order valence-corrected chi connectivity index (χ4v) is 3.88. The molecule has 1 aromatic carbocycles. The summed E-state index contributed by atoms with van der Waals surface area (Å²) in [5.74, 6) is -0.334. The summed E-state index contributed by atoms with van der Waals surface area (Å²) in [5, 5.41) is 0. The summed E-state index contributed by atoms with van der Waals surface area (Å²) in [7, 11) is 0. The second-order valence-corrected chi connectivity index (χ2v) is 7.23. The molecule has 4 heterocycles. The molecule has 3 aromatic rings. The first-order valence-electron chi connectivity index (χ1n) is 9.78. The molecular formula is C21H20F2N6O. The van der Waals surface area contributed by atoms with E-state index in [1.807, 2.05) is 17.0 Å². The van der Waals surface area contributed by atoms with E-state index < -0.39 is 17.3 Å². The summed E-state index contributed by atoms with van der Waals surface area (Å²) in [5.41, 5.74) is 7.66. The zero-order valence-corrected chi connectivity index (χ0v) is 16.2. The minimum absolute atomic E-state index is 0.351. The smallest absolute Gasteiger partial charge is 0.228 e. The van der Waals surface area contributed by atoms with Gasteiger partial charge in [-0.15, -0.1) is 0 Å². The predicted molar refractivity (Wildman–Crippen MR) is 110 cm³/mol. The lowest BCUT2D eigenvalue weighted by Gasteiger charge is -2.28. The van der Waals surface area contributed by atoms with Gasteiger partial charge in [0.25, 0.3) is 0 Å². The van der Waals surface area contributed by atoms with Crippen LogP contribution in [0.2, 0.25) is 0 Å². The molecule has 0 radical (unpaired) electrons. The summed E-state index contributed by atoms with van der Waals surface area (Å²) < 4.78 is 33.9. The Bertz CT molecular complexity index is 1070. The molecule has 0 aliphatic carbocycles. The normalized spacial score (nSPS) is 16.1. The Morgan fingerprint density at radius 2 is 1.67 bits per heavy atom. The second-order valence-electron chi connectivity index (χ2n) is 7.23. The van der Waals surface area contributed by atoms with Gasteiger partial charge in [0, 0.05) is 48.8 Å². The van der Waals surface area contributed by atoms with E-state index in [0.29, 0.717) is 56.5 Å². The van der Waals surface area contributed by atoms with Crippen LogP contribution in [0, 0.1) is 11.6 Å². The topological polar surface area (TPSA) is 80.4 Å². The van der Waals surface area contributed by atoms with Crippen LogP contribution in [-0.4, -0.2) is 47.8 Å². The fraction of sp³-hybridized carbons (Fsp3) is 0.286. The van der Waals surface area contributed by atoms with Crippen LogP contribution in [0.25, 0.3) is 11.3 Å². The van der Waals surface area contributed by atoms with Crippen LogP contribution in [0.3, 0.4) is 0 Å². The van der Waals surface area contributed by atoms with Gasteiger partial charge >= 0.3 is 0 Å². The van der Waals surface area contributed by atoms with Gasteiger partial charge in [-0.25, -0.2) is 13.8 Å². The Labute approximate surface area is 172 Å². The maximum atomic E-state index is 14.2. The van der Waals surface area contributed by atoms with Gasteiger partial charge < -0.3 is 20.3 Å². The molecule has 2 N–H and O–H groups in total. The minimum Gasteiger partial charge on any atom is -0.394 e. The van der Waals surface area contributed by atoms with Crippen molar-refractivity contribution in [3.63, 3.8) is 0 Å². The Hall–Kier alpha value is -3.33. The van der Waals surface area contributed by atoms with Gasteiger partial charge in [-0.2, -0.15) is 4.98 Å². The first kappa shape index (κ1) is 18.7. The molecule has 0 spiro atoms. The molecule has 2 aliphatic rings. The van der Waals surface area contributed by atoms with Crippen molar-refractivity contribution in [1.82, 2.24) is 15.0 Å². The molecule has 1 fully saturated rings. The van der Waals surface area contributed by atoms with E-state index in [9.17, 15) is 8.78 Å². The first-order valence-corrected chi connectivity index (χ1v) is 9.78. The fourth-order valence-electron chi connectivity index (χ4n) is 3.88. The number of morpholine rings is 1. The number of pyridine rings is 1. The molecule has 154 valence electrons. The average Bonchev–Trinajstić information content (AvgIpc) is 3.22. The van der Waals surface area contributed by atoms with Crippen LogP contribution >= 0.6 is 0 Å². The third-order valence-electron chi connectivity index (χ3n) is 5.44. The number of aromatic nitrogens is 3. The van der Waals surface area contributed by atoms with Crippen LogP contribution < -0.4 is 15.5 Å². The lowest BCUT2D eigenvalue weighted by atomic mass is 10.0. The summed E-state index contributed by atoms with van der Waals surface area (Å²) in [4.78, 5) is 17.7. The third kappa shape index (κ3) is 3.21. The van der Waals surface area contributed by atoms with Gasteiger partial charge in [-0.1, -0.05) is 0 Å². The number of benzene rings is 1. The van der Waals surface area contributed by atoms with Crippen LogP contribution in [0.4, 0.5) is 31.9 Å². The molecule has 30 heavy (non-hydrogen) atoms. The van der Waals surface area contributed by atoms with Crippen molar-refractivity contribution in [1.29, 1.82) is 0 Å². The number of hydrogen-bond donors (Lipinski definition) is 1. The van der Waals surface area contributed by atoms with Gasteiger partial charge in [0.05, 0.1) is 18.9 Å². The van der Waals surface area contributed by atoms with E-state index in [2.05, 4.69) is 9.88 Å². The van der Waals surface area contributed by atoms with Crippen molar-refractivity contribution in [3.8, 4) is 11.3 Å². The lowest BCUT2D eigenvalue weighted by Crippen LogP contribution is -2.37. The molecule has 0 atom stereocenters. The highest BCUT2D eigenvalue weighted by molar-refractivity contribution is 5.77. The van der Waals surface area contributed by atoms with Crippen LogP contribution in [0.1, 0.15) is 5.56 Å². The molecule has 0 amide bonds. The lowest BCUT2D eigenvalue weighted by molar-refractivity contribution is 0.122. The third-order valence-corrected chi connectivity index (χ3v) is 5.44. The maximum Gasteiger partial charge on any atom is 0.228 e. The molecule has 0 bridgehead atoms. The quantitative estimate of drug-likeness (QED) is 0.665. The van der Waals surface area contributed by atoms with Gasteiger partial charge in [0.2, 0.25) is 5.95 Å². The van der Waals surface area contributed by atoms with E-state index in [0.717, 1.165) is 17.1 Å². The molecule has 2 aromatic heterocycles. The van der Waals surface area contributed by atoms with Crippen LogP contribution in [-0.2, 0) is 11.2 Å². The number of anilines is 4. The SMILES string of the molecule is Nc1c(F)cc(-c2nc(N3CCOCC3)nc3c2CCN3c2ccncc2)cc1F. The van der Waals surface area contributed by atoms with E-state index >= 15 is 0 Å². The van der Waals surface area contributed by atoms with Crippen LogP contribution in [0.5, 0.6) is 0 Å². The van der Waals surface area contributed by atoms with Crippen molar-refractivity contribution in [3.05, 3.63) is 53.9 Å². The zero-order valence-electron chi connectivity index (χ0n) is 16.2. The highest BCUT2D eigenvalue weighted by atomic mass is 19.1. The molecule has 1 saturated heterocycles. The number of rotatable bonds is 3. The molecule has 7 nitrogen and oxygen atoms in total. The number of nitrogens with zero attached hydrogens (tertiary/aromatic N) is 5. The van der Waals surface area contributed by atoms with E-state index in [1.54, 1.807) is 12.4 Å². The van der Waals surface area contributed by atoms with Gasteiger partial charge in [-0.3, -0.25) is 4.98 Å². The molecule has 2 aliphatic heterocycles. The van der Waals surface area contributed by atoms with Crippen LogP contribution in [0.15, 0.2) is 36.7 Å². The van der Waals surface area contributed by atoms with Gasteiger partial charge in [0.15, 0.2) is 0 Å². The Morgan fingerprint density at radius 1 is 0.967 bits per heavy atom. The van der Waals surface area contributed by atoms with E-state index in [-0.39, 0.29) is 0 Å². The largest absolute Gasteiger partial charge is 0.394 e. The summed E-state index contributed by atoms with van der Waals surface area (Å²) >= 11 is 0. The Morgan fingerprint density at radius 3 is 2.37 bits per heavy atom. The molecule has 0 saturated carbocycles. The van der Waals surface area contributed by atoms with Crippen molar-refractivity contribution < 1.29 is 13.5 Å². The van der Waals surface area contributed by atoms with Gasteiger partial charge in [0.1, 0.15) is 23.1 Å². The van der Waals surface area contributed by atoms with Crippen molar-refractivity contribution in [2.24, 2.45) is 0 Å². The van der Waals surface area contributed by atoms with Crippen molar-refractivity contribution >= 4 is 23.1 Å². The van der Waals surface area contributed by atoms with Gasteiger partial charge in [-0.05, 0) is 30.7 Å². The second kappa shape index (κ2) is 7.49. The predicted octanol–water partition coefficient (Wildman–Crippen LogP) is 2.93. The summed E-state index contributed by atoms with van der Waals surface area (Å²) in [6.45, 7) is 3.15. The van der Waals surface area contributed by atoms with E-state index in [4.69, 9.17) is 20.4 Å². The van der Waals surface area contributed by atoms with Crippen molar-refractivity contribution in [2.75, 3.05) is 48.4 Å². The standard InChI is InChI=1S/C21H20F2N6O/c22-16-11-13(12-17(23)18(16)24)19-15-3-6-29(14-1-4-25-5-2-14)20(15)27-21(26-19)28-7-9-30-10-8-28/h1-2,4-5,11-12H,3,6-10,24H2. The number of halogens is 2. The minimum atomic E-state index is -0.797. The first-order chi connectivity index (χ1) is 14.6. The number of nitrogens with two attached hydrogens (primary N) is 1. The summed E-state index contributed by atoms with van der Waals surface area (Å²) in [6, 6.07) is 6.29. The number of hydrogen-bond acceptors (Lipinski definition) is 7. The monoisotopic (exact) mass is 410 g/mol. The number of ether oxygens (including phenoxy) is 1. The maximum absolute atomic E-state index is 14.2. The molecule has 0 unspecified atom stereocenters. The van der Waals surface area contributed by atoms with E-state index in [1.165, 1.54) is 12.1 Å². The number of fused-ring (bicyclic) bond motifs is 1. The highest BCUT2D eigenvalue weighted by Crippen LogP contribution is 2.39. The molecule has 5 rings (SSSR count). The summed E-state index contributed by atoms with van der Waals surface area (Å²) in [6.07, 6.45) is 4.11. The number of nitrogen functional groups attached to an aromatic ring is 1.